The fraction of sp³-hybridized carbons (Fsp3) is 0.600. The van der Waals surface area contributed by atoms with E-state index in [1.807, 2.05) is 6.92 Å². The molecule has 0 saturated carbocycles. The van der Waals surface area contributed by atoms with E-state index in [2.05, 4.69) is 30.4 Å². The molecule has 0 saturated heterocycles. The molecule has 0 amide bonds. The second-order valence-corrected chi connectivity index (χ2v) is 5.93. The molecule has 1 aromatic carbocycles. The Morgan fingerprint density at radius 2 is 2.33 bits per heavy atom. The standard InChI is InChI=1S/C15H22ClNO/c1-11-5-6-15-13(8-11)9-14(18-15)10-17-7-3-4-12(2)16/h5-6,8,12,14,17H,3-4,7,9-10H2,1-2H3. The van der Waals surface area contributed by atoms with Crippen molar-refractivity contribution in [2.24, 2.45) is 0 Å². The zero-order valence-corrected chi connectivity index (χ0v) is 12.0. The van der Waals surface area contributed by atoms with Crippen molar-refractivity contribution in [2.75, 3.05) is 13.1 Å². The maximum Gasteiger partial charge on any atom is 0.123 e. The van der Waals surface area contributed by atoms with E-state index in [-0.39, 0.29) is 11.5 Å². The largest absolute Gasteiger partial charge is 0.488 e. The molecule has 18 heavy (non-hydrogen) atoms. The van der Waals surface area contributed by atoms with Crippen molar-refractivity contribution < 1.29 is 4.74 Å². The molecular formula is C15H22ClNO. The predicted octanol–water partition coefficient (Wildman–Crippen LogP) is 3.30. The molecule has 2 atom stereocenters. The van der Waals surface area contributed by atoms with Gasteiger partial charge in [0.05, 0.1) is 0 Å². The summed E-state index contributed by atoms with van der Waals surface area (Å²) >= 11 is 5.91. The van der Waals surface area contributed by atoms with Crippen LogP contribution in [0.25, 0.3) is 0 Å². The van der Waals surface area contributed by atoms with Gasteiger partial charge in [0.1, 0.15) is 11.9 Å². The lowest BCUT2D eigenvalue weighted by Crippen LogP contribution is -2.30. The fourth-order valence-corrected chi connectivity index (χ4v) is 2.49. The van der Waals surface area contributed by atoms with Crippen molar-refractivity contribution in [3.8, 4) is 5.75 Å². The molecule has 2 rings (SSSR count). The molecule has 0 aromatic heterocycles. The van der Waals surface area contributed by atoms with Gasteiger partial charge in [-0.15, -0.1) is 11.6 Å². The fourth-order valence-electron chi connectivity index (χ4n) is 2.33. The number of hydrogen-bond acceptors (Lipinski definition) is 2. The predicted molar refractivity (Wildman–Crippen MR) is 76.7 cm³/mol. The Balaban J connectivity index is 1.68. The van der Waals surface area contributed by atoms with E-state index < -0.39 is 0 Å². The SMILES string of the molecule is Cc1ccc2c(c1)CC(CNCCCC(C)Cl)O2. The third kappa shape index (κ3) is 3.89. The van der Waals surface area contributed by atoms with Crippen molar-refractivity contribution in [2.45, 2.75) is 44.6 Å². The molecule has 3 heteroatoms. The number of halogens is 1. The summed E-state index contributed by atoms with van der Waals surface area (Å²) in [6, 6.07) is 6.42. The number of fused-ring (bicyclic) bond motifs is 1. The topological polar surface area (TPSA) is 21.3 Å². The summed E-state index contributed by atoms with van der Waals surface area (Å²) in [5.74, 6) is 1.06. The van der Waals surface area contributed by atoms with E-state index in [1.54, 1.807) is 0 Å². The molecule has 0 radical (unpaired) electrons. The molecule has 0 spiro atoms. The molecule has 1 N–H and O–H groups in total. The summed E-state index contributed by atoms with van der Waals surface area (Å²) in [5, 5.41) is 3.73. The van der Waals surface area contributed by atoms with Gasteiger partial charge in [0.2, 0.25) is 0 Å². The molecule has 0 aliphatic carbocycles. The lowest BCUT2D eigenvalue weighted by atomic mass is 10.1. The molecule has 0 fully saturated rings. The number of rotatable bonds is 6. The molecule has 1 heterocycles. The van der Waals surface area contributed by atoms with Gasteiger partial charge in [0.25, 0.3) is 0 Å². The zero-order chi connectivity index (χ0) is 13.0. The Morgan fingerprint density at radius 3 is 3.11 bits per heavy atom. The summed E-state index contributed by atoms with van der Waals surface area (Å²) in [6.07, 6.45) is 3.51. The first-order valence-electron chi connectivity index (χ1n) is 6.76. The second kappa shape index (κ2) is 6.44. The van der Waals surface area contributed by atoms with E-state index >= 15 is 0 Å². The van der Waals surface area contributed by atoms with Crippen LogP contribution < -0.4 is 10.1 Å². The molecule has 1 aromatic rings. The van der Waals surface area contributed by atoms with Gasteiger partial charge in [-0.1, -0.05) is 17.7 Å². The Bertz CT molecular complexity index is 392. The first kappa shape index (κ1) is 13.7. The Kier molecular flexibility index (Phi) is 4.90. The van der Waals surface area contributed by atoms with Crippen molar-refractivity contribution in [1.29, 1.82) is 0 Å². The van der Waals surface area contributed by atoms with Crippen LogP contribution in [-0.4, -0.2) is 24.6 Å². The van der Waals surface area contributed by atoms with Crippen molar-refractivity contribution in [3.63, 3.8) is 0 Å². The summed E-state index contributed by atoms with van der Waals surface area (Å²) in [7, 11) is 0. The monoisotopic (exact) mass is 267 g/mol. The summed E-state index contributed by atoms with van der Waals surface area (Å²) in [4.78, 5) is 0. The third-order valence-corrected chi connectivity index (χ3v) is 3.50. The van der Waals surface area contributed by atoms with Crippen LogP contribution in [0, 0.1) is 6.92 Å². The first-order chi connectivity index (χ1) is 8.65. The number of hydrogen-bond donors (Lipinski definition) is 1. The van der Waals surface area contributed by atoms with Crippen molar-refractivity contribution in [3.05, 3.63) is 29.3 Å². The van der Waals surface area contributed by atoms with Gasteiger partial charge in [0.15, 0.2) is 0 Å². The van der Waals surface area contributed by atoms with E-state index in [0.29, 0.717) is 0 Å². The number of benzene rings is 1. The van der Waals surface area contributed by atoms with Crippen LogP contribution in [-0.2, 0) is 6.42 Å². The minimum atomic E-state index is 0.279. The van der Waals surface area contributed by atoms with E-state index in [9.17, 15) is 0 Å². The van der Waals surface area contributed by atoms with Crippen LogP contribution in [0.5, 0.6) is 5.75 Å². The lowest BCUT2D eigenvalue weighted by Gasteiger charge is -2.12. The minimum Gasteiger partial charge on any atom is -0.488 e. The quantitative estimate of drug-likeness (QED) is 0.631. The minimum absolute atomic E-state index is 0.279. The normalized spacial score (nSPS) is 19.4. The van der Waals surface area contributed by atoms with Crippen molar-refractivity contribution in [1.82, 2.24) is 5.32 Å². The smallest absolute Gasteiger partial charge is 0.123 e. The van der Waals surface area contributed by atoms with Crippen LogP contribution in [0.15, 0.2) is 18.2 Å². The molecular weight excluding hydrogens is 246 g/mol. The molecule has 0 bridgehead atoms. The highest BCUT2D eigenvalue weighted by atomic mass is 35.5. The van der Waals surface area contributed by atoms with Gasteiger partial charge in [-0.2, -0.15) is 0 Å². The van der Waals surface area contributed by atoms with Crippen LogP contribution in [0.4, 0.5) is 0 Å². The van der Waals surface area contributed by atoms with Gasteiger partial charge in [-0.05, 0) is 44.9 Å². The van der Waals surface area contributed by atoms with Crippen LogP contribution in [0.1, 0.15) is 30.9 Å². The molecule has 2 unspecified atom stereocenters. The Hall–Kier alpha value is -0.730. The third-order valence-electron chi connectivity index (χ3n) is 3.28. The van der Waals surface area contributed by atoms with Crippen molar-refractivity contribution >= 4 is 11.6 Å². The summed E-state index contributed by atoms with van der Waals surface area (Å²) < 4.78 is 5.90. The van der Waals surface area contributed by atoms with Gasteiger partial charge < -0.3 is 10.1 Å². The van der Waals surface area contributed by atoms with E-state index in [0.717, 1.165) is 38.1 Å². The number of alkyl halides is 1. The average molecular weight is 268 g/mol. The highest BCUT2D eigenvalue weighted by Gasteiger charge is 2.21. The van der Waals surface area contributed by atoms with Gasteiger partial charge in [-0.3, -0.25) is 0 Å². The average Bonchev–Trinajstić information content (AvgIpc) is 2.70. The second-order valence-electron chi connectivity index (χ2n) is 5.18. The van der Waals surface area contributed by atoms with E-state index in [4.69, 9.17) is 16.3 Å². The van der Waals surface area contributed by atoms with Crippen LogP contribution in [0.3, 0.4) is 0 Å². The van der Waals surface area contributed by atoms with E-state index in [1.165, 1.54) is 11.1 Å². The lowest BCUT2D eigenvalue weighted by molar-refractivity contribution is 0.227. The van der Waals surface area contributed by atoms with Gasteiger partial charge in [-0.25, -0.2) is 0 Å². The first-order valence-corrected chi connectivity index (χ1v) is 7.20. The zero-order valence-electron chi connectivity index (χ0n) is 11.2. The summed E-state index contributed by atoms with van der Waals surface area (Å²) in [5.41, 5.74) is 2.65. The molecule has 2 nitrogen and oxygen atoms in total. The number of ether oxygens (including phenoxy) is 1. The van der Waals surface area contributed by atoms with Gasteiger partial charge in [0, 0.05) is 18.3 Å². The highest BCUT2D eigenvalue weighted by molar-refractivity contribution is 6.20. The molecule has 1 aliphatic heterocycles. The Labute approximate surface area is 115 Å². The maximum absolute atomic E-state index is 5.91. The number of aryl methyl sites for hydroxylation is 1. The number of nitrogens with one attached hydrogen (secondary N) is 1. The maximum atomic E-state index is 5.91. The van der Waals surface area contributed by atoms with Crippen LogP contribution in [0.2, 0.25) is 0 Å². The molecule has 1 aliphatic rings. The summed E-state index contributed by atoms with van der Waals surface area (Å²) in [6.45, 7) is 6.11. The molecule has 100 valence electrons. The Morgan fingerprint density at radius 1 is 1.50 bits per heavy atom. The van der Waals surface area contributed by atoms with Crippen LogP contribution >= 0.6 is 11.6 Å². The highest BCUT2D eigenvalue weighted by Crippen LogP contribution is 2.29. The van der Waals surface area contributed by atoms with Gasteiger partial charge >= 0.3 is 0 Å².